The highest BCUT2D eigenvalue weighted by Crippen LogP contribution is 2.32. The highest BCUT2D eigenvalue weighted by atomic mass is 32.1. The molecular formula is C19H19N3O3S. The van der Waals surface area contributed by atoms with Gasteiger partial charge in [-0.1, -0.05) is 6.07 Å². The summed E-state index contributed by atoms with van der Waals surface area (Å²) in [5, 5.41) is 3.96. The fourth-order valence-corrected chi connectivity index (χ4v) is 4.34. The zero-order valence-corrected chi connectivity index (χ0v) is 15.7. The normalized spacial score (nSPS) is 13.0. The Morgan fingerprint density at radius 2 is 1.92 bits per heavy atom. The lowest BCUT2D eigenvalue weighted by Gasteiger charge is -2.18. The first-order valence-electron chi connectivity index (χ1n) is 8.44. The van der Waals surface area contributed by atoms with E-state index in [1.54, 1.807) is 0 Å². The van der Waals surface area contributed by atoms with Gasteiger partial charge < -0.3 is 14.8 Å². The van der Waals surface area contributed by atoms with Crippen LogP contribution in [0.5, 0.6) is 11.5 Å². The van der Waals surface area contributed by atoms with Crippen LogP contribution in [0.25, 0.3) is 10.2 Å². The molecule has 134 valence electrons. The van der Waals surface area contributed by atoms with Crippen molar-refractivity contribution >= 4 is 27.5 Å². The molecule has 1 aliphatic rings. The highest BCUT2D eigenvalue weighted by Gasteiger charge is 2.19. The van der Waals surface area contributed by atoms with Gasteiger partial charge in [-0.05, 0) is 44.0 Å². The maximum Gasteiger partial charge on any atom is 0.261 e. The molecule has 3 heterocycles. The quantitative estimate of drug-likeness (QED) is 0.767. The molecule has 26 heavy (non-hydrogen) atoms. The Kier molecular flexibility index (Phi) is 4.24. The van der Waals surface area contributed by atoms with Crippen molar-refractivity contribution in [1.82, 2.24) is 15.3 Å². The predicted octanol–water partition coefficient (Wildman–Crippen LogP) is 3.32. The summed E-state index contributed by atoms with van der Waals surface area (Å²) >= 11 is 1.41. The number of aryl methyl sites for hydroxylation is 3. The number of rotatable bonds is 3. The molecular weight excluding hydrogens is 350 g/mol. The summed E-state index contributed by atoms with van der Waals surface area (Å²) in [5.41, 5.74) is 2.81. The smallest absolute Gasteiger partial charge is 0.261 e. The van der Waals surface area contributed by atoms with E-state index in [4.69, 9.17) is 9.47 Å². The van der Waals surface area contributed by atoms with Crippen molar-refractivity contribution in [3.63, 3.8) is 0 Å². The fraction of sp³-hybridized carbons (Fsp3) is 0.316. The molecule has 0 bridgehead atoms. The van der Waals surface area contributed by atoms with Crippen LogP contribution in [0, 0.1) is 20.8 Å². The standard InChI is InChI=1S/C19H19N3O3S/c1-10-16-11(2)21-12(3)22-19(16)26-17(10)18(23)20-9-13-4-5-14-15(8-13)25-7-6-24-14/h4-5,8H,6-7,9H2,1-3H3,(H,20,23). The Hall–Kier alpha value is -2.67. The van der Waals surface area contributed by atoms with Crippen LogP contribution in [-0.4, -0.2) is 29.1 Å². The maximum absolute atomic E-state index is 12.7. The Morgan fingerprint density at radius 3 is 2.73 bits per heavy atom. The Labute approximate surface area is 155 Å². The molecule has 2 aromatic heterocycles. The number of nitrogens with one attached hydrogen (secondary N) is 1. The Balaban J connectivity index is 1.54. The fourth-order valence-electron chi connectivity index (χ4n) is 3.15. The first kappa shape index (κ1) is 16.8. The summed E-state index contributed by atoms with van der Waals surface area (Å²) in [4.78, 5) is 23.1. The molecule has 0 spiro atoms. The number of benzene rings is 1. The molecule has 1 aromatic carbocycles. The number of amides is 1. The van der Waals surface area contributed by atoms with E-state index in [-0.39, 0.29) is 5.91 Å². The van der Waals surface area contributed by atoms with E-state index in [1.165, 1.54) is 11.3 Å². The van der Waals surface area contributed by atoms with E-state index in [9.17, 15) is 4.79 Å². The predicted molar refractivity (Wildman–Crippen MR) is 100 cm³/mol. The molecule has 4 rings (SSSR count). The van der Waals surface area contributed by atoms with E-state index in [0.717, 1.165) is 44.4 Å². The lowest BCUT2D eigenvalue weighted by atomic mass is 10.1. The topological polar surface area (TPSA) is 73.3 Å². The lowest BCUT2D eigenvalue weighted by molar-refractivity contribution is 0.0954. The number of fused-ring (bicyclic) bond motifs is 2. The van der Waals surface area contributed by atoms with Crippen LogP contribution >= 0.6 is 11.3 Å². The van der Waals surface area contributed by atoms with Crippen LogP contribution in [0.1, 0.15) is 32.3 Å². The molecule has 7 heteroatoms. The summed E-state index contributed by atoms with van der Waals surface area (Å²) in [7, 11) is 0. The highest BCUT2D eigenvalue weighted by molar-refractivity contribution is 7.20. The van der Waals surface area contributed by atoms with Crippen LogP contribution in [0.4, 0.5) is 0 Å². The van der Waals surface area contributed by atoms with Gasteiger partial charge in [-0.3, -0.25) is 4.79 Å². The zero-order chi connectivity index (χ0) is 18.3. The number of carbonyl (C=O) groups is 1. The van der Waals surface area contributed by atoms with Gasteiger partial charge in [0.1, 0.15) is 23.9 Å². The van der Waals surface area contributed by atoms with Crippen LogP contribution in [0.15, 0.2) is 18.2 Å². The lowest BCUT2D eigenvalue weighted by Crippen LogP contribution is -2.23. The van der Waals surface area contributed by atoms with Crippen molar-refractivity contribution in [3.8, 4) is 11.5 Å². The van der Waals surface area contributed by atoms with Gasteiger partial charge in [0.25, 0.3) is 5.91 Å². The summed E-state index contributed by atoms with van der Waals surface area (Å²) < 4.78 is 11.1. The number of aromatic nitrogens is 2. The van der Waals surface area contributed by atoms with Gasteiger partial charge in [-0.25, -0.2) is 9.97 Å². The number of hydrogen-bond acceptors (Lipinski definition) is 6. The minimum absolute atomic E-state index is 0.0996. The molecule has 1 amide bonds. The van der Waals surface area contributed by atoms with Crippen molar-refractivity contribution in [2.24, 2.45) is 0 Å². The first-order chi connectivity index (χ1) is 12.5. The second kappa shape index (κ2) is 6.57. The van der Waals surface area contributed by atoms with E-state index in [1.807, 2.05) is 39.0 Å². The van der Waals surface area contributed by atoms with Crippen LogP contribution in [0.2, 0.25) is 0 Å². The van der Waals surface area contributed by atoms with Crippen molar-refractivity contribution in [2.45, 2.75) is 27.3 Å². The van der Waals surface area contributed by atoms with Crippen LogP contribution < -0.4 is 14.8 Å². The molecule has 0 saturated heterocycles. The second-order valence-corrected chi connectivity index (χ2v) is 7.25. The number of thiophene rings is 1. The molecule has 0 atom stereocenters. The molecule has 0 saturated carbocycles. The molecule has 0 fully saturated rings. The van der Waals surface area contributed by atoms with E-state index in [2.05, 4.69) is 15.3 Å². The third kappa shape index (κ3) is 2.99. The van der Waals surface area contributed by atoms with Gasteiger partial charge in [0.2, 0.25) is 0 Å². The average molecular weight is 369 g/mol. The molecule has 1 N–H and O–H groups in total. The first-order valence-corrected chi connectivity index (χ1v) is 9.25. The minimum Gasteiger partial charge on any atom is -0.486 e. The number of ether oxygens (including phenoxy) is 2. The third-order valence-electron chi connectivity index (χ3n) is 4.35. The number of hydrogen-bond donors (Lipinski definition) is 1. The second-order valence-electron chi connectivity index (χ2n) is 6.25. The number of carbonyl (C=O) groups excluding carboxylic acids is 1. The molecule has 3 aromatic rings. The Bertz CT molecular complexity index is 1010. The molecule has 0 aliphatic carbocycles. The van der Waals surface area contributed by atoms with E-state index < -0.39 is 0 Å². The summed E-state index contributed by atoms with van der Waals surface area (Å²) in [6.07, 6.45) is 0. The zero-order valence-electron chi connectivity index (χ0n) is 14.9. The van der Waals surface area contributed by atoms with Gasteiger partial charge in [-0.2, -0.15) is 0 Å². The van der Waals surface area contributed by atoms with Gasteiger partial charge in [0.05, 0.1) is 4.88 Å². The summed E-state index contributed by atoms with van der Waals surface area (Å²) in [6.45, 7) is 7.30. The monoisotopic (exact) mass is 369 g/mol. The van der Waals surface area contributed by atoms with Crippen LogP contribution in [-0.2, 0) is 6.54 Å². The van der Waals surface area contributed by atoms with Crippen molar-refractivity contribution in [3.05, 3.63) is 45.7 Å². The molecule has 1 aliphatic heterocycles. The third-order valence-corrected chi connectivity index (χ3v) is 5.53. The minimum atomic E-state index is -0.0996. The van der Waals surface area contributed by atoms with Crippen molar-refractivity contribution in [1.29, 1.82) is 0 Å². The number of nitrogens with zero attached hydrogens (tertiary/aromatic N) is 2. The summed E-state index contributed by atoms with van der Waals surface area (Å²) in [6, 6.07) is 5.72. The van der Waals surface area contributed by atoms with Gasteiger partial charge >= 0.3 is 0 Å². The molecule has 0 radical (unpaired) electrons. The SMILES string of the molecule is Cc1nc(C)c2c(C)c(C(=O)NCc3ccc4c(c3)OCCO4)sc2n1. The largest absolute Gasteiger partial charge is 0.486 e. The van der Waals surface area contributed by atoms with Crippen LogP contribution in [0.3, 0.4) is 0 Å². The average Bonchev–Trinajstić information content (AvgIpc) is 2.96. The molecule has 6 nitrogen and oxygen atoms in total. The van der Waals surface area contributed by atoms with E-state index in [0.29, 0.717) is 24.6 Å². The van der Waals surface area contributed by atoms with Crippen molar-refractivity contribution < 1.29 is 14.3 Å². The summed E-state index contributed by atoms with van der Waals surface area (Å²) in [5.74, 6) is 2.09. The maximum atomic E-state index is 12.7. The van der Waals surface area contributed by atoms with Gasteiger partial charge in [-0.15, -0.1) is 11.3 Å². The Morgan fingerprint density at radius 1 is 1.15 bits per heavy atom. The van der Waals surface area contributed by atoms with Crippen molar-refractivity contribution in [2.75, 3.05) is 13.2 Å². The molecule has 0 unspecified atom stereocenters. The van der Waals surface area contributed by atoms with Gasteiger partial charge in [0.15, 0.2) is 11.5 Å². The van der Waals surface area contributed by atoms with E-state index >= 15 is 0 Å². The van der Waals surface area contributed by atoms with Gasteiger partial charge in [0, 0.05) is 17.6 Å².